The van der Waals surface area contributed by atoms with Gasteiger partial charge < -0.3 is 9.16 Å². The fraction of sp³-hybridized carbons (Fsp3) is 0.833. The minimum Gasteiger partial charge on any atom is -0.444 e. The van der Waals surface area contributed by atoms with Crippen LogP contribution < -0.4 is 0 Å². The average Bonchev–Trinajstić information content (AvgIpc) is 2.68. The van der Waals surface area contributed by atoms with E-state index in [1.165, 1.54) is 0 Å². The van der Waals surface area contributed by atoms with Gasteiger partial charge in [-0.1, -0.05) is 32.9 Å². The van der Waals surface area contributed by atoms with E-state index in [9.17, 15) is 4.79 Å². The van der Waals surface area contributed by atoms with Crippen LogP contribution in [0, 0.1) is 0 Å². The van der Waals surface area contributed by atoms with Gasteiger partial charge in [0.2, 0.25) is 0 Å². The van der Waals surface area contributed by atoms with E-state index in [0.717, 1.165) is 12.0 Å². The molecular weight excluding hydrogens is 306 g/mol. The van der Waals surface area contributed by atoms with Gasteiger partial charge in [-0.05, 0) is 52.2 Å². The Kier molecular flexibility index (Phi) is 5.80. The zero-order chi connectivity index (χ0) is 18.2. The highest BCUT2D eigenvalue weighted by Crippen LogP contribution is 2.39. The maximum atomic E-state index is 12.5. The molecule has 2 unspecified atom stereocenters. The standard InChI is InChI=1S/C18H35NO3Si/c1-13(2)15-11-14(22-23(9,10)18(6,7)8)12-19(15)16(20)21-17(3,4)5/h14-15H,1,11-12H2,2-10H3. The highest BCUT2D eigenvalue weighted by atomic mass is 28.4. The maximum Gasteiger partial charge on any atom is 0.410 e. The van der Waals surface area contributed by atoms with E-state index in [1.54, 1.807) is 4.90 Å². The molecule has 0 N–H and O–H groups in total. The zero-order valence-corrected chi connectivity index (χ0v) is 17.4. The minimum absolute atomic E-state index is 0.000353. The largest absolute Gasteiger partial charge is 0.444 e. The van der Waals surface area contributed by atoms with E-state index < -0.39 is 13.9 Å². The first-order valence-corrected chi connectivity index (χ1v) is 11.4. The van der Waals surface area contributed by atoms with Gasteiger partial charge in [0.1, 0.15) is 5.60 Å². The molecule has 0 bridgehead atoms. The summed E-state index contributed by atoms with van der Waals surface area (Å²) in [6.45, 7) is 23.5. The van der Waals surface area contributed by atoms with Crippen molar-refractivity contribution in [3.8, 4) is 0 Å². The van der Waals surface area contributed by atoms with Crippen molar-refractivity contribution in [2.45, 2.75) is 90.8 Å². The number of likely N-dealkylation sites (tertiary alicyclic amines) is 1. The normalized spacial score (nSPS) is 23.1. The summed E-state index contributed by atoms with van der Waals surface area (Å²) < 4.78 is 12.1. The number of rotatable bonds is 3. The number of ether oxygens (including phenoxy) is 1. The van der Waals surface area contributed by atoms with E-state index in [4.69, 9.17) is 9.16 Å². The van der Waals surface area contributed by atoms with Crippen LogP contribution in [-0.4, -0.2) is 43.6 Å². The Hall–Kier alpha value is -0.813. The second-order valence-corrected chi connectivity index (χ2v) is 14.0. The lowest BCUT2D eigenvalue weighted by Gasteiger charge is -2.38. The van der Waals surface area contributed by atoms with Gasteiger partial charge in [0, 0.05) is 6.54 Å². The second-order valence-electron chi connectivity index (χ2n) is 9.23. The molecule has 1 aliphatic rings. The predicted octanol–water partition coefficient (Wildman–Crippen LogP) is 4.96. The maximum absolute atomic E-state index is 12.5. The van der Waals surface area contributed by atoms with Gasteiger partial charge in [0.15, 0.2) is 8.32 Å². The van der Waals surface area contributed by atoms with Crippen molar-refractivity contribution >= 4 is 14.4 Å². The van der Waals surface area contributed by atoms with Crippen molar-refractivity contribution in [3.05, 3.63) is 12.2 Å². The Balaban J connectivity index is 2.87. The molecule has 1 heterocycles. The SMILES string of the molecule is C=C(C)C1CC(O[Si](C)(C)C(C)(C)C)CN1C(=O)OC(C)(C)C. The summed E-state index contributed by atoms with van der Waals surface area (Å²) in [5.41, 5.74) is 0.493. The fourth-order valence-electron chi connectivity index (χ4n) is 2.47. The lowest BCUT2D eigenvalue weighted by atomic mass is 10.1. The molecule has 1 saturated heterocycles. The molecule has 0 saturated carbocycles. The zero-order valence-electron chi connectivity index (χ0n) is 16.4. The van der Waals surface area contributed by atoms with Crippen molar-refractivity contribution in [3.63, 3.8) is 0 Å². The third-order valence-electron chi connectivity index (χ3n) is 4.73. The van der Waals surface area contributed by atoms with Crippen molar-refractivity contribution in [1.82, 2.24) is 4.90 Å². The summed E-state index contributed by atoms with van der Waals surface area (Å²) in [6, 6.07) is -0.000353. The lowest BCUT2D eigenvalue weighted by molar-refractivity contribution is 0.0231. The Labute approximate surface area is 143 Å². The van der Waals surface area contributed by atoms with Crippen LogP contribution in [0.5, 0.6) is 0 Å². The van der Waals surface area contributed by atoms with Crippen molar-refractivity contribution < 1.29 is 14.0 Å². The molecule has 2 atom stereocenters. The smallest absolute Gasteiger partial charge is 0.410 e. The van der Waals surface area contributed by atoms with E-state index in [0.29, 0.717) is 6.54 Å². The Morgan fingerprint density at radius 3 is 2.09 bits per heavy atom. The van der Waals surface area contributed by atoms with Gasteiger partial charge in [-0.2, -0.15) is 0 Å². The molecule has 23 heavy (non-hydrogen) atoms. The molecule has 0 aromatic heterocycles. The molecular formula is C18H35NO3Si. The van der Waals surface area contributed by atoms with Crippen LogP contribution in [0.1, 0.15) is 54.9 Å². The lowest BCUT2D eigenvalue weighted by Crippen LogP contribution is -2.45. The van der Waals surface area contributed by atoms with Crippen LogP contribution in [0.15, 0.2) is 12.2 Å². The molecule has 4 nitrogen and oxygen atoms in total. The molecule has 1 amide bonds. The van der Waals surface area contributed by atoms with E-state index in [1.807, 2.05) is 27.7 Å². The van der Waals surface area contributed by atoms with E-state index >= 15 is 0 Å². The van der Waals surface area contributed by atoms with Gasteiger partial charge in [-0.25, -0.2) is 4.79 Å². The predicted molar refractivity (Wildman–Crippen MR) is 98.2 cm³/mol. The first-order chi connectivity index (χ1) is 10.1. The number of carbonyl (C=O) groups excluding carboxylic acids is 1. The average molecular weight is 342 g/mol. The van der Waals surface area contributed by atoms with Gasteiger partial charge >= 0.3 is 6.09 Å². The molecule has 5 heteroatoms. The molecule has 0 aromatic carbocycles. The molecule has 134 valence electrons. The molecule has 0 radical (unpaired) electrons. The van der Waals surface area contributed by atoms with Crippen LogP contribution in [0.4, 0.5) is 4.79 Å². The summed E-state index contributed by atoms with van der Waals surface area (Å²) in [7, 11) is -1.85. The second kappa shape index (κ2) is 6.59. The number of amides is 1. The van der Waals surface area contributed by atoms with Gasteiger partial charge in [-0.15, -0.1) is 0 Å². The van der Waals surface area contributed by atoms with Gasteiger partial charge in [0.05, 0.1) is 12.1 Å². The summed E-state index contributed by atoms with van der Waals surface area (Å²) in [4.78, 5) is 14.3. The summed E-state index contributed by atoms with van der Waals surface area (Å²) in [5, 5.41) is 0.158. The van der Waals surface area contributed by atoms with Crippen LogP contribution in [0.25, 0.3) is 0 Å². The first-order valence-electron chi connectivity index (χ1n) is 8.47. The molecule has 0 spiro atoms. The number of carbonyl (C=O) groups is 1. The van der Waals surface area contributed by atoms with Crippen molar-refractivity contribution in [2.75, 3.05) is 6.54 Å². The molecule has 1 fully saturated rings. The number of hydrogen-bond donors (Lipinski definition) is 0. The summed E-state index contributed by atoms with van der Waals surface area (Å²) in [5.74, 6) is 0. The third kappa shape index (κ3) is 5.35. The number of hydrogen-bond acceptors (Lipinski definition) is 3. The fourth-order valence-corrected chi connectivity index (χ4v) is 3.82. The monoisotopic (exact) mass is 341 g/mol. The van der Waals surface area contributed by atoms with Crippen LogP contribution in [0.3, 0.4) is 0 Å². The Morgan fingerprint density at radius 1 is 1.17 bits per heavy atom. The highest BCUT2D eigenvalue weighted by molar-refractivity contribution is 6.74. The quantitative estimate of drug-likeness (QED) is 0.538. The Bertz CT molecular complexity index is 460. The number of nitrogens with zero attached hydrogens (tertiary/aromatic N) is 1. The van der Waals surface area contributed by atoms with E-state index in [-0.39, 0.29) is 23.3 Å². The molecule has 0 aliphatic carbocycles. The molecule has 1 rings (SSSR count). The highest BCUT2D eigenvalue weighted by Gasteiger charge is 2.44. The van der Waals surface area contributed by atoms with Crippen LogP contribution >= 0.6 is 0 Å². The van der Waals surface area contributed by atoms with Crippen LogP contribution in [-0.2, 0) is 9.16 Å². The van der Waals surface area contributed by atoms with Crippen molar-refractivity contribution in [1.29, 1.82) is 0 Å². The van der Waals surface area contributed by atoms with Crippen LogP contribution in [0.2, 0.25) is 18.1 Å². The van der Waals surface area contributed by atoms with Crippen molar-refractivity contribution in [2.24, 2.45) is 0 Å². The summed E-state index contributed by atoms with van der Waals surface area (Å²) in [6.07, 6.45) is 0.595. The minimum atomic E-state index is -1.85. The van der Waals surface area contributed by atoms with E-state index in [2.05, 4.69) is 40.4 Å². The third-order valence-corrected chi connectivity index (χ3v) is 9.26. The van der Waals surface area contributed by atoms with Gasteiger partial charge in [0.25, 0.3) is 0 Å². The van der Waals surface area contributed by atoms with Gasteiger partial charge in [-0.3, -0.25) is 4.90 Å². The molecule has 1 aliphatic heterocycles. The Morgan fingerprint density at radius 2 is 1.70 bits per heavy atom. The molecule has 0 aromatic rings. The summed E-state index contributed by atoms with van der Waals surface area (Å²) >= 11 is 0. The topological polar surface area (TPSA) is 38.8 Å². The first kappa shape index (κ1) is 20.2.